The number of quaternary nitrogens is 2. The topological polar surface area (TPSA) is 70.8 Å². The molecule has 4 aliphatic heterocycles. The van der Waals surface area contributed by atoms with Gasteiger partial charge in [0.05, 0.1) is 61.1 Å². The van der Waals surface area contributed by atoms with E-state index in [1.165, 1.54) is 27.2 Å². The average Bonchev–Trinajstić information content (AvgIpc) is 3.05. The van der Waals surface area contributed by atoms with Crippen LogP contribution < -0.4 is 76.5 Å². The standard InChI is InChI=1S/C38H42N2O6.2HI/c1-39-15-13-26-21-35(43-5)37(44-6)38-36(26)29(39)17-24-9-12-31(41)32(19-24)45-27-10-7-23(8-11-27)18-30-28-22-34(46-38)33(42-4)20-25(28)14-16-40(30,2)3;;/h7-12,19-22,29-30H,13-18H2,1-6H3;2*1H/t29-,30-;;/m0../s1. The van der Waals surface area contributed by atoms with Crippen molar-refractivity contribution in [3.8, 4) is 46.0 Å². The first-order chi connectivity index (χ1) is 22.2. The van der Waals surface area contributed by atoms with Gasteiger partial charge in [0.1, 0.15) is 17.8 Å². The summed E-state index contributed by atoms with van der Waals surface area (Å²) < 4.78 is 32.1. The lowest BCUT2D eigenvalue weighted by molar-refractivity contribution is -0.923. The molecule has 0 saturated carbocycles. The highest BCUT2D eigenvalue weighted by molar-refractivity contribution is 5.63. The summed E-state index contributed by atoms with van der Waals surface area (Å²) in [6, 6.07) is 20.6. The first kappa shape index (κ1) is 36.3. The number of hydrogen-bond acceptors (Lipinski definition) is 6. The fraction of sp³-hybridized carbons (Fsp3) is 0.368. The monoisotopic (exact) mass is 878 g/mol. The smallest absolute Gasteiger partial charge is 0.204 e. The Kier molecular flexibility index (Phi) is 11.0. The van der Waals surface area contributed by atoms with Crippen molar-refractivity contribution in [2.24, 2.45) is 0 Å². The van der Waals surface area contributed by atoms with E-state index in [1.54, 1.807) is 27.4 Å². The zero-order valence-corrected chi connectivity index (χ0v) is 32.7. The maximum absolute atomic E-state index is 10.8. The van der Waals surface area contributed by atoms with Gasteiger partial charge in [0.25, 0.3) is 0 Å². The number of nitrogens with one attached hydrogen (secondary N) is 1. The summed E-state index contributed by atoms with van der Waals surface area (Å²) in [6.07, 6.45) is 3.39. The van der Waals surface area contributed by atoms with E-state index in [1.807, 2.05) is 24.3 Å². The lowest BCUT2D eigenvalue weighted by atomic mass is 9.86. The Balaban J connectivity index is 0.00000225. The molecule has 0 fully saturated rings. The van der Waals surface area contributed by atoms with Crippen LogP contribution >= 0.6 is 0 Å². The fourth-order valence-corrected chi connectivity index (χ4v) is 7.58. The van der Waals surface area contributed by atoms with Crippen molar-refractivity contribution >= 4 is 0 Å². The second-order valence-corrected chi connectivity index (χ2v) is 13.4. The van der Waals surface area contributed by atoms with Crippen LogP contribution in [0.15, 0.2) is 60.7 Å². The number of halogens is 2. The molecular formula is C38H44I2N2O6. The first-order valence-corrected chi connectivity index (χ1v) is 16.1. The third kappa shape index (κ3) is 6.65. The van der Waals surface area contributed by atoms with Crippen molar-refractivity contribution in [2.45, 2.75) is 37.8 Å². The summed E-state index contributed by atoms with van der Waals surface area (Å²) in [6.45, 7) is 1.98. The van der Waals surface area contributed by atoms with E-state index in [0.29, 0.717) is 46.7 Å². The number of hydrogen-bond donors (Lipinski definition) is 2. The predicted molar refractivity (Wildman–Crippen MR) is 176 cm³/mol. The molecule has 8 nitrogen and oxygen atoms in total. The number of rotatable bonds is 3. The molecule has 4 aromatic rings. The molecule has 1 unspecified atom stereocenters. The largest absolute Gasteiger partial charge is 1.00 e. The van der Waals surface area contributed by atoms with Crippen molar-refractivity contribution in [3.05, 3.63) is 94.0 Å². The molecular weight excluding hydrogens is 834 g/mol. The van der Waals surface area contributed by atoms with Gasteiger partial charge in [-0.3, -0.25) is 0 Å². The van der Waals surface area contributed by atoms with Crippen LogP contribution in [0, 0.1) is 0 Å². The molecule has 48 heavy (non-hydrogen) atoms. The molecule has 0 aliphatic carbocycles. The molecule has 8 rings (SSSR count). The van der Waals surface area contributed by atoms with Crippen molar-refractivity contribution < 1.29 is 86.1 Å². The van der Waals surface area contributed by atoms with E-state index in [2.05, 4.69) is 51.5 Å². The van der Waals surface area contributed by atoms with E-state index in [9.17, 15) is 5.11 Å². The molecule has 4 aliphatic rings. The number of aromatic hydroxyl groups is 1. The number of benzene rings is 4. The highest BCUT2D eigenvalue weighted by Gasteiger charge is 2.39. The Morgan fingerprint density at radius 1 is 0.771 bits per heavy atom. The lowest BCUT2D eigenvalue weighted by Crippen LogP contribution is -3.10. The van der Waals surface area contributed by atoms with Gasteiger partial charge in [-0.15, -0.1) is 0 Å². The van der Waals surface area contributed by atoms with Gasteiger partial charge in [-0.05, 0) is 64.7 Å². The molecule has 0 saturated heterocycles. The maximum Gasteiger partial charge on any atom is 0.204 e. The SMILES string of the molecule is COc1cc2c3cc1Oc1c(OC)c(OC)cc4c1[C@H](Cc1ccc(O)c(c1)Oc1ccc(cc1)C[C@@H]3[N+](C)(C)CC2)[NH+](C)CC4.[I-].[I-]. The summed E-state index contributed by atoms with van der Waals surface area (Å²) >= 11 is 0. The minimum Gasteiger partial charge on any atom is -1.00 e. The molecule has 6 bridgehead atoms. The van der Waals surface area contributed by atoms with E-state index >= 15 is 0 Å². The summed E-state index contributed by atoms with van der Waals surface area (Å²) in [5.74, 6) is 4.49. The van der Waals surface area contributed by atoms with Gasteiger partial charge >= 0.3 is 0 Å². The zero-order valence-electron chi connectivity index (χ0n) is 28.4. The Labute approximate surface area is 317 Å². The van der Waals surface area contributed by atoms with Crippen LogP contribution in [-0.4, -0.2) is 65.2 Å². The predicted octanol–water partition coefficient (Wildman–Crippen LogP) is -0.405. The normalized spacial score (nSPS) is 20.2. The van der Waals surface area contributed by atoms with Crippen LogP contribution in [0.25, 0.3) is 0 Å². The number of phenols is 1. The van der Waals surface area contributed by atoms with E-state index in [4.69, 9.17) is 23.7 Å². The second-order valence-electron chi connectivity index (χ2n) is 13.4. The van der Waals surface area contributed by atoms with Crippen LogP contribution in [0.5, 0.6) is 46.0 Å². The summed E-state index contributed by atoms with van der Waals surface area (Å²) in [5.41, 5.74) is 7.10. The molecule has 4 aromatic carbocycles. The summed E-state index contributed by atoms with van der Waals surface area (Å²) in [7, 11) is 11.9. The maximum atomic E-state index is 10.8. The van der Waals surface area contributed by atoms with Gasteiger partial charge in [-0.1, -0.05) is 18.2 Å². The molecule has 0 amide bonds. The Bertz CT molecular complexity index is 1800. The quantitative estimate of drug-likeness (QED) is 0.216. The average molecular weight is 879 g/mol. The van der Waals surface area contributed by atoms with Gasteiger partial charge in [0.15, 0.2) is 34.5 Å². The third-order valence-corrected chi connectivity index (χ3v) is 10.3. The van der Waals surface area contributed by atoms with Crippen molar-refractivity contribution in [1.82, 2.24) is 0 Å². The van der Waals surface area contributed by atoms with Crippen LogP contribution in [0.4, 0.5) is 0 Å². The van der Waals surface area contributed by atoms with Gasteiger partial charge in [-0.2, -0.15) is 0 Å². The minimum atomic E-state index is 0. The van der Waals surface area contributed by atoms with Gasteiger partial charge in [0.2, 0.25) is 5.75 Å². The molecule has 256 valence electrons. The molecule has 3 atom stereocenters. The molecule has 0 aromatic heterocycles. The van der Waals surface area contributed by atoms with Gasteiger partial charge in [0, 0.05) is 31.2 Å². The highest BCUT2D eigenvalue weighted by Crippen LogP contribution is 2.50. The number of methoxy groups -OCH3 is 3. The Morgan fingerprint density at radius 3 is 2.19 bits per heavy atom. The van der Waals surface area contributed by atoms with Crippen LogP contribution in [-0.2, 0) is 25.7 Å². The molecule has 0 spiro atoms. The number of ether oxygens (including phenoxy) is 5. The third-order valence-electron chi connectivity index (χ3n) is 10.3. The lowest BCUT2D eigenvalue weighted by Gasteiger charge is -2.43. The minimum absolute atomic E-state index is 0. The number of phenolic OH excluding ortho intramolecular Hbond substituents is 1. The van der Waals surface area contributed by atoms with E-state index in [0.717, 1.165) is 48.0 Å². The Morgan fingerprint density at radius 2 is 1.48 bits per heavy atom. The van der Waals surface area contributed by atoms with Crippen LogP contribution in [0.3, 0.4) is 0 Å². The van der Waals surface area contributed by atoms with Gasteiger partial charge in [-0.25, -0.2) is 0 Å². The van der Waals surface area contributed by atoms with Crippen molar-refractivity contribution in [2.75, 3.05) is 55.6 Å². The second kappa shape index (κ2) is 14.5. The van der Waals surface area contributed by atoms with Crippen LogP contribution in [0.1, 0.15) is 45.5 Å². The van der Waals surface area contributed by atoms with Crippen molar-refractivity contribution in [3.63, 3.8) is 0 Å². The summed E-state index contributed by atoms with van der Waals surface area (Å²) in [4.78, 5) is 1.36. The molecule has 4 heterocycles. The first-order valence-electron chi connectivity index (χ1n) is 16.1. The Hall–Kier alpha value is -2.94. The summed E-state index contributed by atoms with van der Waals surface area (Å²) in [5, 5.41) is 10.8. The van der Waals surface area contributed by atoms with E-state index < -0.39 is 0 Å². The van der Waals surface area contributed by atoms with Crippen LogP contribution in [0.2, 0.25) is 0 Å². The van der Waals surface area contributed by atoms with Crippen molar-refractivity contribution in [1.29, 1.82) is 0 Å². The van der Waals surface area contributed by atoms with E-state index in [-0.39, 0.29) is 65.8 Å². The number of nitrogens with zero attached hydrogens (tertiary/aromatic N) is 1. The van der Waals surface area contributed by atoms with Gasteiger partial charge < -0.3 is 86.1 Å². The zero-order chi connectivity index (χ0) is 32.2. The fourth-order valence-electron chi connectivity index (χ4n) is 7.58. The molecule has 0 radical (unpaired) electrons. The number of fused-ring (bicyclic) bond motifs is 2. The molecule has 10 heteroatoms. The highest BCUT2D eigenvalue weighted by atomic mass is 127. The molecule has 2 N–H and O–H groups in total. The number of likely N-dealkylation sites (N-methyl/N-ethyl adjacent to an activating group) is 2.